The summed E-state index contributed by atoms with van der Waals surface area (Å²) in [5, 5.41) is 13.1. The minimum absolute atomic E-state index is 0.105. The van der Waals surface area contributed by atoms with Crippen molar-refractivity contribution in [3.05, 3.63) is 81.9 Å². The lowest BCUT2D eigenvalue weighted by Gasteiger charge is -2.30. The number of imide groups is 1. The SMILES string of the molecule is COc1ccc(C(=O)CN(C(=O)c2ccccc2[N+](=O)[O-])N2C(=O)[C@@H]3[C@@H](C2=O)[C@H]2C=C[C@H]3C2)cc1. The number of ether oxygens (including phenoxy) is 1. The fourth-order valence-electron chi connectivity index (χ4n) is 5.31. The second-order valence-corrected chi connectivity index (χ2v) is 8.78. The standard InChI is InChI=1S/C25H21N3O7/c1-35-17-10-8-14(9-11-17)20(29)13-26(23(30)18-4-2-3-5-19(18)28(33)34)27-24(31)21-15-6-7-16(12-15)22(21)25(27)32/h2-11,15-16,21-22H,12-13H2,1H3/t15-,16-,21-,22-/m0/s1. The molecule has 5 rings (SSSR count). The predicted octanol–water partition coefficient (Wildman–Crippen LogP) is 2.65. The van der Waals surface area contributed by atoms with E-state index in [-0.39, 0.29) is 23.0 Å². The van der Waals surface area contributed by atoms with Gasteiger partial charge in [-0.2, -0.15) is 5.01 Å². The summed E-state index contributed by atoms with van der Waals surface area (Å²) in [5.74, 6) is -3.53. The van der Waals surface area contributed by atoms with E-state index in [1.807, 2.05) is 12.2 Å². The fraction of sp³-hybridized carbons (Fsp3) is 0.280. The highest BCUT2D eigenvalue weighted by atomic mass is 16.6. The molecule has 1 saturated heterocycles. The second kappa shape index (κ2) is 8.46. The molecule has 10 nitrogen and oxygen atoms in total. The van der Waals surface area contributed by atoms with Crippen molar-refractivity contribution < 1.29 is 28.8 Å². The lowest BCUT2D eigenvalue weighted by molar-refractivity contribution is -0.385. The first-order valence-electron chi connectivity index (χ1n) is 11.1. The number of ketones is 1. The molecule has 0 spiro atoms. The lowest BCUT2D eigenvalue weighted by Crippen LogP contribution is -2.52. The van der Waals surface area contributed by atoms with E-state index in [2.05, 4.69) is 0 Å². The Balaban J connectivity index is 1.52. The van der Waals surface area contributed by atoms with Crippen LogP contribution < -0.4 is 4.74 Å². The highest BCUT2D eigenvalue weighted by molar-refractivity contribution is 6.11. The van der Waals surface area contributed by atoms with Crippen molar-refractivity contribution >= 4 is 29.2 Å². The molecule has 1 heterocycles. The summed E-state index contributed by atoms with van der Waals surface area (Å²) in [6.07, 6.45) is 4.53. The topological polar surface area (TPSA) is 127 Å². The van der Waals surface area contributed by atoms with Gasteiger partial charge in [-0.15, -0.1) is 0 Å². The molecule has 0 N–H and O–H groups in total. The van der Waals surface area contributed by atoms with E-state index in [0.717, 1.165) is 16.1 Å². The summed E-state index contributed by atoms with van der Waals surface area (Å²) < 4.78 is 5.10. The van der Waals surface area contributed by atoms with Gasteiger partial charge in [-0.1, -0.05) is 24.3 Å². The quantitative estimate of drug-likeness (QED) is 0.198. The van der Waals surface area contributed by atoms with Crippen LogP contribution in [0.5, 0.6) is 5.75 Å². The van der Waals surface area contributed by atoms with Gasteiger partial charge < -0.3 is 4.74 Å². The van der Waals surface area contributed by atoms with Crippen LogP contribution in [0.1, 0.15) is 27.1 Å². The minimum atomic E-state index is -0.971. The van der Waals surface area contributed by atoms with E-state index < -0.39 is 52.5 Å². The molecule has 2 aromatic carbocycles. The maximum absolute atomic E-state index is 13.6. The molecular weight excluding hydrogens is 454 g/mol. The fourth-order valence-corrected chi connectivity index (χ4v) is 5.31. The molecule has 2 aromatic rings. The van der Waals surface area contributed by atoms with Gasteiger partial charge in [0.2, 0.25) is 0 Å². The number of hydrogen-bond acceptors (Lipinski definition) is 7. The summed E-state index contributed by atoms with van der Waals surface area (Å²) >= 11 is 0. The molecule has 2 aliphatic carbocycles. The van der Waals surface area contributed by atoms with E-state index in [4.69, 9.17) is 4.74 Å². The molecular formula is C25H21N3O7. The summed E-state index contributed by atoms with van der Waals surface area (Å²) in [6, 6.07) is 11.4. The number of para-hydroxylation sites is 1. The molecule has 3 aliphatic rings. The molecule has 0 aromatic heterocycles. The first-order valence-corrected chi connectivity index (χ1v) is 11.1. The maximum Gasteiger partial charge on any atom is 0.282 e. The van der Waals surface area contributed by atoms with Gasteiger partial charge in [0, 0.05) is 11.6 Å². The minimum Gasteiger partial charge on any atom is -0.497 e. The first-order chi connectivity index (χ1) is 16.8. The number of hydrazine groups is 1. The van der Waals surface area contributed by atoms with Crippen molar-refractivity contribution in [2.75, 3.05) is 13.7 Å². The number of nitro benzene ring substituents is 1. The van der Waals surface area contributed by atoms with Crippen LogP contribution in [0.25, 0.3) is 0 Å². The van der Waals surface area contributed by atoms with Crippen molar-refractivity contribution in [3.8, 4) is 5.75 Å². The van der Waals surface area contributed by atoms with Crippen LogP contribution in [0.2, 0.25) is 0 Å². The Labute approximate surface area is 199 Å². The molecule has 4 atom stereocenters. The molecule has 35 heavy (non-hydrogen) atoms. The number of hydrogen-bond donors (Lipinski definition) is 0. The zero-order valence-electron chi connectivity index (χ0n) is 18.7. The van der Waals surface area contributed by atoms with E-state index in [0.29, 0.717) is 12.2 Å². The molecule has 1 saturated carbocycles. The van der Waals surface area contributed by atoms with Crippen LogP contribution in [-0.2, 0) is 9.59 Å². The number of methoxy groups -OCH3 is 1. The zero-order valence-corrected chi connectivity index (χ0v) is 18.7. The molecule has 0 radical (unpaired) electrons. The van der Waals surface area contributed by atoms with Gasteiger partial charge in [-0.05, 0) is 48.6 Å². The first kappa shape index (κ1) is 22.5. The van der Waals surface area contributed by atoms with Crippen LogP contribution in [0.3, 0.4) is 0 Å². The van der Waals surface area contributed by atoms with Crippen molar-refractivity contribution in [3.63, 3.8) is 0 Å². The molecule has 1 aliphatic heterocycles. The van der Waals surface area contributed by atoms with Crippen molar-refractivity contribution in [2.24, 2.45) is 23.7 Å². The summed E-state index contributed by atoms with van der Waals surface area (Å²) in [4.78, 5) is 64.4. The monoisotopic (exact) mass is 475 g/mol. The molecule has 2 fully saturated rings. The number of nitrogens with zero attached hydrogens (tertiary/aromatic N) is 3. The maximum atomic E-state index is 13.6. The van der Waals surface area contributed by atoms with Gasteiger partial charge in [-0.3, -0.25) is 29.3 Å². The average Bonchev–Trinajstić information content (AvgIpc) is 3.56. The molecule has 3 amide bonds. The third-order valence-corrected chi connectivity index (χ3v) is 6.96. The number of rotatable bonds is 7. The third-order valence-electron chi connectivity index (χ3n) is 6.96. The number of allylic oxidation sites excluding steroid dienone is 2. The van der Waals surface area contributed by atoms with Gasteiger partial charge in [0.05, 0.1) is 23.9 Å². The van der Waals surface area contributed by atoms with Gasteiger partial charge in [-0.25, -0.2) is 5.01 Å². The van der Waals surface area contributed by atoms with Gasteiger partial charge in [0.15, 0.2) is 5.78 Å². The molecule has 0 unspecified atom stereocenters. The largest absolute Gasteiger partial charge is 0.497 e. The van der Waals surface area contributed by atoms with Crippen LogP contribution in [0.15, 0.2) is 60.7 Å². The normalized spacial score (nSPS) is 24.0. The van der Waals surface area contributed by atoms with Crippen molar-refractivity contribution in [1.82, 2.24) is 10.0 Å². The highest BCUT2D eigenvalue weighted by Crippen LogP contribution is 2.52. The van der Waals surface area contributed by atoms with Crippen LogP contribution in [0.4, 0.5) is 5.69 Å². The summed E-state index contributed by atoms with van der Waals surface area (Å²) in [7, 11) is 1.48. The van der Waals surface area contributed by atoms with E-state index in [9.17, 15) is 29.3 Å². The van der Waals surface area contributed by atoms with Crippen LogP contribution in [0, 0.1) is 33.8 Å². The summed E-state index contributed by atoms with van der Waals surface area (Å²) in [6.45, 7) is -0.642. The Hall–Kier alpha value is -4.34. The number of amides is 3. The zero-order chi connectivity index (χ0) is 24.9. The predicted molar refractivity (Wildman–Crippen MR) is 121 cm³/mol. The van der Waals surface area contributed by atoms with Crippen molar-refractivity contribution in [2.45, 2.75) is 6.42 Å². The average molecular weight is 475 g/mol. The van der Waals surface area contributed by atoms with E-state index >= 15 is 0 Å². The Kier molecular flexibility index (Phi) is 5.43. The van der Waals surface area contributed by atoms with E-state index in [1.165, 1.54) is 37.4 Å². The van der Waals surface area contributed by atoms with Gasteiger partial charge in [0.25, 0.3) is 23.4 Å². The Morgan fingerprint density at radius 3 is 2.20 bits per heavy atom. The lowest BCUT2D eigenvalue weighted by atomic mass is 9.85. The van der Waals surface area contributed by atoms with Crippen LogP contribution >= 0.6 is 0 Å². The Morgan fingerprint density at radius 2 is 1.63 bits per heavy atom. The number of carbonyl (C=O) groups is 4. The van der Waals surface area contributed by atoms with Crippen LogP contribution in [-0.4, -0.2) is 52.1 Å². The Bertz CT molecular complexity index is 1260. The number of benzene rings is 2. The Morgan fingerprint density at radius 1 is 1.03 bits per heavy atom. The molecule has 10 heteroatoms. The van der Waals surface area contributed by atoms with E-state index in [1.54, 1.807) is 12.1 Å². The highest BCUT2D eigenvalue weighted by Gasteiger charge is 2.61. The number of carbonyl (C=O) groups excluding carboxylic acids is 4. The third kappa shape index (κ3) is 3.58. The van der Waals surface area contributed by atoms with Gasteiger partial charge in [0.1, 0.15) is 17.9 Å². The number of nitro groups is 1. The molecule has 178 valence electrons. The summed E-state index contributed by atoms with van der Waals surface area (Å²) in [5.41, 5.74) is -0.577. The smallest absolute Gasteiger partial charge is 0.282 e. The second-order valence-electron chi connectivity index (χ2n) is 8.78. The van der Waals surface area contributed by atoms with Crippen molar-refractivity contribution in [1.29, 1.82) is 0 Å². The number of Topliss-reactive ketones (excluding diaryl/α,β-unsaturated/α-hetero) is 1. The van der Waals surface area contributed by atoms with Gasteiger partial charge >= 0.3 is 0 Å². The number of fused-ring (bicyclic) bond motifs is 5. The molecule has 2 bridgehead atoms.